The molecule has 0 unspecified atom stereocenters. The van der Waals surface area contributed by atoms with Crippen LogP contribution in [0, 0.1) is 24.0 Å². The van der Waals surface area contributed by atoms with Gasteiger partial charge in [0.2, 0.25) is 0 Å². The maximum Gasteiger partial charge on any atom is 0.323 e. The lowest BCUT2D eigenvalue weighted by Crippen LogP contribution is -2.38. The number of β-amino-alcohol motifs (C(OH)–C–C–N with tert-alkyl or cyclic N) is 1. The Morgan fingerprint density at radius 3 is 2.76 bits per heavy atom. The Balaban J connectivity index is 2.23. The predicted octanol–water partition coefficient (Wildman–Crippen LogP) is -0.0262. The number of nitro groups is 1. The molecule has 21 heavy (non-hydrogen) atoms. The number of methoxy groups -OCH3 is 1. The highest BCUT2D eigenvalue weighted by molar-refractivity contribution is 5.76. The quantitative estimate of drug-likeness (QED) is 0.472. The fourth-order valence-corrected chi connectivity index (χ4v) is 2.68. The number of rotatable bonds is 4. The van der Waals surface area contributed by atoms with E-state index in [0.717, 1.165) is 0 Å². The molecule has 0 spiro atoms. The Morgan fingerprint density at radius 1 is 1.57 bits per heavy atom. The van der Waals surface area contributed by atoms with E-state index in [-0.39, 0.29) is 18.8 Å². The molecule has 2 rings (SSSR count). The molecule has 0 aliphatic carbocycles. The van der Waals surface area contributed by atoms with Crippen molar-refractivity contribution < 1.29 is 19.6 Å². The highest BCUT2D eigenvalue weighted by Crippen LogP contribution is 2.24. The van der Waals surface area contributed by atoms with Crippen LogP contribution in [0.15, 0.2) is 0 Å². The van der Waals surface area contributed by atoms with E-state index in [1.165, 1.54) is 11.8 Å². The molecule has 1 aromatic rings. The number of ether oxygens (including phenoxy) is 1. The molecule has 0 bridgehead atoms. The molecule has 1 N–H and O–H groups in total. The van der Waals surface area contributed by atoms with Crippen molar-refractivity contribution in [3.8, 4) is 0 Å². The zero-order valence-corrected chi connectivity index (χ0v) is 12.1. The van der Waals surface area contributed by atoms with Crippen LogP contribution >= 0.6 is 0 Å². The second-order valence-corrected chi connectivity index (χ2v) is 5.12. The van der Waals surface area contributed by atoms with Gasteiger partial charge in [0.05, 0.1) is 24.8 Å². The van der Waals surface area contributed by atoms with E-state index in [0.29, 0.717) is 17.9 Å². The van der Waals surface area contributed by atoms with Crippen LogP contribution in [0.1, 0.15) is 17.8 Å². The van der Waals surface area contributed by atoms with Crippen LogP contribution in [0.3, 0.4) is 0 Å². The van der Waals surface area contributed by atoms with E-state index in [1.807, 2.05) is 0 Å². The number of aliphatic hydroxyl groups excluding tert-OH is 1. The van der Waals surface area contributed by atoms with Gasteiger partial charge in [-0.1, -0.05) is 0 Å². The van der Waals surface area contributed by atoms with Gasteiger partial charge in [0.25, 0.3) is 0 Å². The zero-order valence-electron chi connectivity index (χ0n) is 12.1. The van der Waals surface area contributed by atoms with Crippen molar-refractivity contribution >= 4 is 11.7 Å². The summed E-state index contributed by atoms with van der Waals surface area (Å²) in [4.78, 5) is 23.9. The minimum atomic E-state index is -0.624. The molecular weight excluding hydrogens is 280 g/mol. The summed E-state index contributed by atoms with van der Waals surface area (Å²) in [6.45, 7) is 3.67. The van der Waals surface area contributed by atoms with Gasteiger partial charge in [-0.25, -0.2) is 4.68 Å². The summed E-state index contributed by atoms with van der Waals surface area (Å²) in [5.74, 6) is -0.428. The Morgan fingerprint density at radius 2 is 2.24 bits per heavy atom. The first-order valence-corrected chi connectivity index (χ1v) is 6.53. The standard InChI is InChI=1S/C12H18N4O5/c1-7-11(16(19)20)8(2)15(13-7)6-14-5-9(17)4-10(14)12(18)21-3/h9-10,17H,4-6H2,1-3H3/t9-,10+/m1/s1. The number of likely N-dealkylation sites (tertiary alicyclic amines) is 1. The lowest BCUT2D eigenvalue weighted by atomic mass is 10.2. The topological polar surface area (TPSA) is 111 Å². The summed E-state index contributed by atoms with van der Waals surface area (Å²) in [6, 6.07) is -0.562. The summed E-state index contributed by atoms with van der Waals surface area (Å²) < 4.78 is 6.19. The summed E-state index contributed by atoms with van der Waals surface area (Å²) in [5.41, 5.74) is 0.721. The van der Waals surface area contributed by atoms with E-state index in [2.05, 4.69) is 5.10 Å². The molecule has 0 saturated carbocycles. The molecule has 0 aromatic carbocycles. The first-order chi connectivity index (χ1) is 9.85. The Hall–Kier alpha value is -2.00. The summed E-state index contributed by atoms with van der Waals surface area (Å²) >= 11 is 0. The van der Waals surface area contributed by atoms with Crippen LogP contribution in [0.25, 0.3) is 0 Å². The minimum absolute atomic E-state index is 0.0237. The first kappa shape index (κ1) is 15.4. The molecule has 1 fully saturated rings. The van der Waals surface area contributed by atoms with Gasteiger partial charge in [0, 0.05) is 13.0 Å². The Kier molecular flexibility index (Phi) is 4.24. The second kappa shape index (κ2) is 5.78. The number of carbonyl (C=O) groups is 1. The maximum absolute atomic E-state index is 11.7. The summed E-state index contributed by atoms with van der Waals surface area (Å²) in [7, 11) is 1.29. The van der Waals surface area contributed by atoms with Crippen molar-refractivity contribution in [2.45, 2.75) is 39.1 Å². The van der Waals surface area contributed by atoms with Gasteiger partial charge in [-0.2, -0.15) is 5.10 Å². The number of carbonyl (C=O) groups excluding carboxylic acids is 1. The molecule has 1 aliphatic rings. The number of hydrogen-bond donors (Lipinski definition) is 1. The molecule has 9 nitrogen and oxygen atoms in total. The van der Waals surface area contributed by atoms with E-state index < -0.39 is 23.0 Å². The fourth-order valence-electron chi connectivity index (χ4n) is 2.68. The molecular formula is C12H18N4O5. The molecule has 2 atom stereocenters. The van der Waals surface area contributed by atoms with Crippen molar-refractivity contribution in [2.24, 2.45) is 0 Å². The average molecular weight is 298 g/mol. The lowest BCUT2D eigenvalue weighted by Gasteiger charge is -2.22. The number of hydrogen-bond acceptors (Lipinski definition) is 7. The van der Waals surface area contributed by atoms with Gasteiger partial charge in [-0.3, -0.25) is 19.8 Å². The van der Waals surface area contributed by atoms with Crippen molar-refractivity contribution in [3.63, 3.8) is 0 Å². The third-order valence-corrected chi connectivity index (χ3v) is 3.70. The van der Waals surface area contributed by atoms with Gasteiger partial charge in [-0.05, 0) is 13.8 Å². The number of aromatic nitrogens is 2. The maximum atomic E-state index is 11.7. The first-order valence-electron chi connectivity index (χ1n) is 6.53. The van der Waals surface area contributed by atoms with E-state index >= 15 is 0 Å². The largest absolute Gasteiger partial charge is 0.468 e. The Labute approximate surface area is 121 Å². The average Bonchev–Trinajstić information content (AvgIpc) is 2.90. The molecule has 9 heteroatoms. The molecule has 0 amide bonds. The SMILES string of the molecule is COC(=O)[C@@H]1C[C@@H](O)CN1Cn1nc(C)c([N+](=O)[O-])c1C. The molecule has 116 valence electrons. The monoisotopic (exact) mass is 298 g/mol. The van der Waals surface area contributed by atoms with Crippen LogP contribution in [-0.4, -0.2) is 56.5 Å². The summed E-state index contributed by atoms with van der Waals surface area (Å²) in [6.07, 6.45) is -0.338. The van der Waals surface area contributed by atoms with Crippen LogP contribution in [0.5, 0.6) is 0 Å². The number of aryl methyl sites for hydroxylation is 1. The molecule has 1 aromatic heterocycles. The van der Waals surface area contributed by atoms with E-state index in [4.69, 9.17) is 4.74 Å². The highest BCUT2D eigenvalue weighted by atomic mass is 16.6. The second-order valence-electron chi connectivity index (χ2n) is 5.12. The molecule has 0 radical (unpaired) electrons. The minimum Gasteiger partial charge on any atom is -0.468 e. The van der Waals surface area contributed by atoms with Crippen LogP contribution < -0.4 is 0 Å². The van der Waals surface area contributed by atoms with Crippen LogP contribution in [0.4, 0.5) is 5.69 Å². The number of aliphatic hydroxyl groups is 1. The van der Waals surface area contributed by atoms with Crippen molar-refractivity contribution in [3.05, 3.63) is 21.5 Å². The molecule has 2 heterocycles. The highest BCUT2D eigenvalue weighted by Gasteiger charge is 2.37. The zero-order chi connectivity index (χ0) is 15.7. The smallest absolute Gasteiger partial charge is 0.323 e. The van der Waals surface area contributed by atoms with Crippen molar-refractivity contribution in [1.82, 2.24) is 14.7 Å². The summed E-state index contributed by atoms with van der Waals surface area (Å²) in [5, 5.41) is 24.9. The number of nitrogens with zero attached hydrogens (tertiary/aromatic N) is 4. The van der Waals surface area contributed by atoms with Gasteiger partial charge < -0.3 is 9.84 Å². The predicted molar refractivity (Wildman–Crippen MR) is 71.5 cm³/mol. The van der Waals surface area contributed by atoms with Gasteiger partial charge in [0.15, 0.2) is 0 Å². The molecule has 1 saturated heterocycles. The van der Waals surface area contributed by atoms with Crippen LogP contribution in [-0.2, 0) is 16.2 Å². The van der Waals surface area contributed by atoms with Gasteiger partial charge in [-0.15, -0.1) is 0 Å². The fraction of sp³-hybridized carbons (Fsp3) is 0.667. The van der Waals surface area contributed by atoms with Crippen molar-refractivity contribution in [2.75, 3.05) is 13.7 Å². The van der Waals surface area contributed by atoms with Gasteiger partial charge >= 0.3 is 11.7 Å². The van der Waals surface area contributed by atoms with E-state index in [9.17, 15) is 20.0 Å². The normalized spacial score (nSPS) is 22.5. The van der Waals surface area contributed by atoms with Crippen molar-refractivity contribution in [1.29, 1.82) is 0 Å². The third-order valence-electron chi connectivity index (χ3n) is 3.70. The molecule has 1 aliphatic heterocycles. The number of esters is 1. The lowest BCUT2D eigenvalue weighted by molar-refractivity contribution is -0.386. The van der Waals surface area contributed by atoms with E-state index in [1.54, 1.807) is 18.7 Å². The Bertz CT molecular complexity index is 570. The van der Waals surface area contributed by atoms with Gasteiger partial charge in [0.1, 0.15) is 17.4 Å². The van der Waals surface area contributed by atoms with Crippen LogP contribution in [0.2, 0.25) is 0 Å². The third kappa shape index (κ3) is 2.88.